The third-order valence-electron chi connectivity index (χ3n) is 4.79. The average molecular weight is 225 g/mol. The van der Waals surface area contributed by atoms with Gasteiger partial charge in [0.1, 0.15) is 0 Å². The number of nitrogens with zero attached hydrogens (tertiary/aromatic N) is 1. The van der Waals surface area contributed by atoms with E-state index in [1.807, 2.05) is 0 Å². The molecule has 3 unspecified atom stereocenters. The molecule has 16 heavy (non-hydrogen) atoms. The van der Waals surface area contributed by atoms with E-state index in [9.17, 15) is 5.11 Å². The predicted molar refractivity (Wildman–Crippen MR) is 67.5 cm³/mol. The third-order valence-corrected chi connectivity index (χ3v) is 4.79. The van der Waals surface area contributed by atoms with Crippen LogP contribution in [-0.4, -0.2) is 34.7 Å². The molecule has 0 aromatic rings. The smallest absolute Gasteiger partial charge is 0.0700 e. The fraction of sp³-hybridized carbons (Fsp3) is 1.00. The zero-order valence-electron chi connectivity index (χ0n) is 10.9. The lowest BCUT2D eigenvalue weighted by Crippen LogP contribution is -2.55. The molecule has 0 amide bonds. The molecule has 1 N–H and O–H groups in total. The lowest BCUT2D eigenvalue weighted by Gasteiger charge is -2.49. The minimum Gasteiger partial charge on any atom is -0.390 e. The standard InChI is InChI=1S/C14H27NO/c1-3-6-12(2)15-10-9-14(16)8-5-4-7-13(14)11-15/h12-13,16H,3-11H2,1-2H3. The van der Waals surface area contributed by atoms with E-state index in [0.29, 0.717) is 12.0 Å². The monoisotopic (exact) mass is 225 g/mol. The summed E-state index contributed by atoms with van der Waals surface area (Å²) in [4.78, 5) is 2.61. The van der Waals surface area contributed by atoms with Crippen molar-refractivity contribution in [3.05, 3.63) is 0 Å². The summed E-state index contributed by atoms with van der Waals surface area (Å²) in [6.07, 6.45) is 8.42. The van der Waals surface area contributed by atoms with Crippen molar-refractivity contribution in [3.8, 4) is 0 Å². The summed E-state index contributed by atoms with van der Waals surface area (Å²) in [6, 6.07) is 0.705. The molecule has 0 aromatic heterocycles. The SMILES string of the molecule is CCCC(C)N1CCC2(O)CCCCC2C1. The highest BCUT2D eigenvalue weighted by atomic mass is 16.3. The first-order valence-electron chi connectivity index (χ1n) is 7.12. The second-order valence-electron chi connectivity index (χ2n) is 5.93. The molecule has 1 aliphatic carbocycles. The van der Waals surface area contributed by atoms with Crippen molar-refractivity contribution in [2.75, 3.05) is 13.1 Å². The summed E-state index contributed by atoms with van der Waals surface area (Å²) >= 11 is 0. The first-order chi connectivity index (χ1) is 7.65. The van der Waals surface area contributed by atoms with Crippen LogP contribution in [0.1, 0.15) is 58.8 Å². The van der Waals surface area contributed by atoms with E-state index < -0.39 is 0 Å². The largest absolute Gasteiger partial charge is 0.390 e. The molecule has 3 atom stereocenters. The average Bonchev–Trinajstić information content (AvgIpc) is 2.28. The van der Waals surface area contributed by atoms with Crippen LogP contribution in [0.3, 0.4) is 0 Å². The number of rotatable bonds is 3. The second kappa shape index (κ2) is 5.05. The summed E-state index contributed by atoms with van der Waals surface area (Å²) < 4.78 is 0. The Labute approximate surface area is 100 Å². The van der Waals surface area contributed by atoms with Gasteiger partial charge in [-0.3, -0.25) is 0 Å². The summed E-state index contributed by atoms with van der Waals surface area (Å²) in [5.41, 5.74) is -0.305. The molecular formula is C14H27NO. The van der Waals surface area contributed by atoms with E-state index in [1.165, 1.54) is 32.1 Å². The molecule has 94 valence electrons. The van der Waals surface area contributed by atoms with Crippen LogP contribution in [0.5, 0.6) is 0 Å². The normalized spacial score (nSPS) is 38.1. The number of hydrogen-bond acceptors (Lipinski definition) is 2. The zero-order valence-corrected chi connectivity index (χ0v) is 10.9. The van der Waals surface area contributed by atoms with Crippen LogP contribution in [0.25, 0.3) is 0 Å². The minimum atomic E-state index is -0.305. The van der Waals surface area contributed by atoms with Crippen molar-refractivity contribution in [2.24, 2.45) is 5.92 Å². The first kappa shape index (κ1) is 12.4. The van der Waals surface area contributed by atoms with Crippen LogP contribution in [0, 0.1) is 5.92 Å². The maximum atomic E-state index is 10.6. The van der Waals surface area contributed by atoms with Crippen molar-refractivity contribution in [3.63, 3.8) is 0 Å². The molecule has 0 radical (unpaired) electrons. The van der Waals surface area contributed by atoms with Gasteiger partial charge in [0.05, 0.1) is 5.60 Å². The lowest BCUT2D eigenvalue weighted by atomic mass is 9.71. The van der Waals surface area contributed by atoms with Crippen LogP contribution in [0.4, 0.5) is 0 Å². The molecule has 2 fully saturated rings. The van der Waals surface area contributed by atoms with E-state index in [1.54, 1.807) is 0 Å². The number of piperidine rings is 1. The van der Waals surface area contributed by atoms with Crippen molar-refractivity contribution < 1.29 is 5.11 Å². The highest BCUT2D eigenvalue weighted by Crippen LogP contribution is 2.40. The number of fused-ring (bicyclic) bond motifs is 1. The van der Waals surface area contributed by atoms with Crippen molar-refractivity contribution in [1.29, 1.82) is 0 Å². The molecule has 0 bridgehead atoms. The van der Waals surface area contributed by atoms with Gasteiger partial charge in [-0.2, -0.15) is 0 Å². The maximum absolute atomic E-state index is 10.6. The fourth-order valence-electron chi connectivity index (χ4n) is 3.60. The third kappa shape index (κ3) is 2.43. The molecule has 2 aliphatic rings. The molecule has 1 saturated heterocycles. The summed E-state index contributed by atoms with van der Waals surface area (Å²) in [5.74, 6) is 0.550. The molecule has 1 heterocycles. The second-order valence-corrected chi connectivity index (χ2v) is 5.93. The molecule has 0 aromatic carbocycles. The Morgan fingerprint density at radius 1 is 1.38 bits per heavy atom. The maximum Gasteiger partial charge on any atom is 0.0700 e. The van der Waals surface area contributed by atoms with Crippen LogP contribution in [0.15, 0.2) is 0 Å². The molecule has 2 rings (SSSR count). The van der Waals surface area contributed by atoms with Crippen LogP contribution < -0.4 is 0 Å². The van der Waals surface area contributed by atoms with Gasteiger partial charge in [-0.25, -0.2) is 0 Å². The quantitative estimate of drug-likeness (QED) is 0.798. The van der Waals surface area contributed by atoms with E-state index in [0.717, 1.165) is 25.9 Å². The van der Waals surface area contributed by atoms with Crippen molar-refractivity contribution in [2.45, 2.75) is 70.4 Å². The van der Waals surface area contributed by atoms with Gasteiger partial charge in [0.25, 0.3) is 0 Å². The Hall–Kier alpha value is -0.0800. The van der Waals surface area contributed by atoms with Gasteiger partial charge in [0, 0.05) is 25.0 Å². The van der Waals surface area contributed by atoms with Crippen molar-refractivity contribution >= 4 is 0 Å². The molecule has 2 nitrogen and oxygen atoms in total. The van der Waals surface area contributed by atoms with E-state index in [4.69, 9.17) is 0 Å². The van der Waals surface area contributed by atoms with Gasteiger partial charge in [0.2, 0.25) is 0 Å². The topological polar surface area (TPSA) is 23.5 Å². The summed E-state index contributed by atoms with van der Waals surface area (Å²) in [7, 11) is 0. The Kier molecular flexibility index (Phi) is 3.91. The molecular weight excluding hydrogens is 198 g/mol. The fourth-order valence-corrected chi connectivity index (χ4v) is 3.60. The van der Waals surface area contributed by atoms with Crippen LogP contribution >= 0.6 is 0 Å². The van der Waals surface area contributed by atoms with Gasteiger partial charge in [0.15, 0.2) is 0 Å². The molecule has 0 spiro atoms. The molecule has 2 heteroatoms. The Morgan fingerprint density at radius 3 is 2.94 bits per heavy atom. The highest BCUT2D eigenvalue weighted by molar-refractivity contribution is 4.96. The Balaban J connectivity index is 1.94. The van der Waals surface area contributed by atoms with E-state index in [2.05, 4.69) is 18.7 Å². The minimum absolute atomic E-state index is 0.305. The predicted octanol–water partition coefficient (Wildman–Crippen LogP) is 2.80. The molecule has 1 saturated carbocycles. The van der Waals surface area contributed by atoms with Gasteiger partial charge >= 0.3 is 0 Å². The Morgan fingerprint density at radius 2 is 2.19 bits per heavy atom. The number of hydrogen-bond donors (Lipinski definition) is 1. The van der Waals surface area contributed by atoms with Gasteiger partial charge in [-0.15, -0.1) is 0 Å². The van der Waals surface area contributed by atoms with E-state index in [-0.39, 0.29) is 5.60 Å². The van der Waals surface area contributed by atoms with Gasteiger partial charge < -0.3 is 10.0 Å². The van der Waals surface area contributed by atoms with Crippen LogP contribution in [0.2, 0.25) is 0 Å². The van der Waals surface area contributed by atoms with Gasteiger partial charge in [-0.1, -0.05) is 26.2 Å². The molecule has 1 aliphatic heterocycles. The lowest BCUT2D eigenvalue weighted by molar-refractivity contribution is -0.102. The summed E-state index contributed by atoms with van der Waals surface area (Å²) in [6.45, 7) is 6.85. The van der Waals surface area contributed by atoms with Crippen LogP contribution in [-0.2, 0) is 0 Å². The number of aliphatic hydroxyl groups is 1. The van der Waals surface area contributed by atoms with E-state index >= 15 is 0 Å². The Bertz CT molecular complexity index is 231. The highest BCUT2D eigenvalue weighted by Gasteiger charge is 2.43. The van der Waals surface area contributed by atoms with Crippen molar-refractivity contribution in [1.82, 2.24) is 4.90 Å². The zero-order chi connectivity index (χ0) is 11.6. The number of likely N-dealkylation sites (tertiary alicyclic amines) is 1. The summed E-state index contributed by atoms with van der Waals surface area (Å²) in [5, 5.41) is 10.6. The first-order valence-corrected chi connectivity index (χ1v) is 7.12. The van der Waals surface area contributed by atoms with Gasteiger partial charge in [-0.05, 0) is 32.6 Å².